The standard InChI is InChI=1S/C17H21FN6.C16H18FN3O.CH5N3/c18-13-9-12-14(22-17(19)20)3-6-24(11-1-2-11)15(12)10-16(13)23-7-4-21-5-8-23;17-13-9-12-14(10-15(13)19-7-4-18-5-8-19)20(11-1-2-11)6-3-16(12)21;2-1(3)4/h3,6,9-11,21H,1-2,4-5,7-8H2,(H3,19,20);3,6,9-11,18H,1-2,4-5,7-8H2;(H5,2,3,4). The molecule has 0 atom stereocenters. The maximum absolute atomic E-state index is 14.8. The summed E-state index contributed by atoms with van der Waals surface area (Å²) in [5.41, 5.74) is 17.3. The SMILES string of the molecule is N=C(N)N.N=C(N)N=c1ccn(C2CC2)c2cc(N3CCNCC3)c(F)cc12.O=c1ccn(C2CC2)c2cc(N3CCNCC3)c(F)cc12. The molecule has 0 bridgehead atoms. The molecule has 0 spiro atoms. The fourth-order valence-corrected chi connectivity index (χ4v) is 6.44. The van der Waals surface area contributed by atoms with E-state index in [1.807, 2.05) is 30.6 Å². The Morgan fingerprint density at radius 1 is 0.714 bits per heavy atom. The molecule has 13 nitrogen and oxygen atoms in total. The Labute approximate surface area is 282 Å². The van der Waals surface area contributed by atoms with Crippen molar-refractivity contribution in [3.05, 3.63) is 76.0 Å². The fraction of sp³-hybridized carbons (Fsp3) is 0.412. The summed E-state index contributed by atoms with van der Waals surface area (Å²) in [6.07, 6.45) is 8.38. The number of piperazine rings is 2. The number of benzene rings is 2. The van der Waals surface area contributed by atoms with Crippen LogP contribution in [0, 0.1) is 22.5 Å². The molecule has 2 aliphatic carbocycles. The molecule has 4 fully saturated rings. The van der Waals surface area contributed by atoms with Crippen molar-refractivity contribution in [3.63, 3.8) is 0 Å². The zero-order chi connectivity index (χ0) is 34.7. The van der Waals surface area contributed by atoms with Crippen LogP contribution >= 0.6 is 0 Å². The predicted molar refractivity (Wildman–Crippen MR) is 190 cm³/mol. The van der Waals surface area contributed by atoms with Crippen molar-refractivity contribution in [1.82, 2.24) is 19.8 Å². The number of nitrogens with zero attached hydrogens (tertiary/aromatic N) is 5. The molecular formula is C34H44F2N12O. The van der Waals surface area contributed by atoms with Gasteiger partial charge in [0.25, 0.3) is 0 Å². The van der Waals surface area contributed by atoms with Gasteiger partial charge in [-0.3, -0.25) is 15.6 Å². The first-order chi connectivity index (χ1) is 23.6. The first-order valence-electron chi connectivity index (χ1n) is 16.7. The lowest BCUT2D eigenvalue weighted by atomic mass is 10.1. The molecule has 10 N–H and O–H groups in total. The van der Waals surface area contributed by atoms with Crippen LogP contribution in [-0.2, 0) is 0 Å². The van der Waals surface area contributed by atoms with Gasteiger partial charge in [0.2, 0.25) is 5.96 Å². The van der Waals surface area contributed by atoms with E-state index in [0.717, 1.165) is 89.1 Å². The number of rotatable bonds is 4. The fourth-order valence-electron chi connectivity index (χ4n) is 6.44. The number of nitrogens with one attached hydrogen (secondary N) is 4. The Hall–Kier alpha value is -5.02. The van der Waals surface area contributed by atoms with Gasteiger partial charge in [-0.15, -0.1) is 0 Å². The molecule has 2 saturated carbocycles. The Morgan fingerprint density at radius 2 is 1.14 bits per heavy atom. The Bertz CT molecular complexity index is 1980. The van der Waals surface area contributed by atoms with Gasteiger partial charge >= 0.3 is 0 Å². The number of fused-ring (bicyclic) bond motifs is 2. The van der Waals surface area contributed by atoms with Crippen molar-refractivity contribution in [2.24, 2.45) is 22.2 Å². The third-order valence-electron chi connectivity index (χ3n) is 9.04. The summed E-state index contributed by atoms with van der Waals surface area (Å²) in [6.45, 7) is 6.63. The number of halogens is 2. The summed E-state index contributed by atoms with van der Waals surface area (Å²) in [6, 6.07) is 11.0. The van der Waals surface area contributed by atoms with Crippen LogP contribution in [0.3, 0.4) is 0 Å². The number of anilines is 2. The lowest BCUT2D eigenvalue weighted by Gasteiger charge is -2.30. The average Bonchev–Trinajstić information content (AvgIpc) is 4.01. The zero-order valence-corrected chi connectivity index (χ0v) is 27.4. The smallest absolute Gasteiger partial charge is 0.213 e. The molecule has 4 heterocycles. The molecule has 2 aromatic carbocycles. The largest absolute Gasteiger partial charge is 0.370 e. The molecule has 0 amide bonds. The maximum atomic E-state index is 14.8. The van der Waals surface area contributed by atoms with Crippen LogP contribution in [0.25, 0.3) is 21.8 Å². The van der Waals surface area contributed by atoms with Gasteiger partial charge in [-0.25, -0.2) is 13.8 Å². The van der Waals surface area contributed by atoms with E-state index in [4.69, 9.17) is 16.6 Å². The molecule has 2 aliphatic heterocycles. The molecule has 15 heteroatoms. The number of hydrogen-bond acceptors (Lipinski definition) is 7. The van der Waals surface area contributed by atoms with Crippen molar-refractivity contribution in [3.8, 4) is 0 Å². The molecule has 4 aliphatic rings. The van der Waals surface area contributed by atoms with Crippen LogP contribution in [0.4, 0.5) is 20.2 Å². The number of pyridine rings is 2. The number of aromatic nitrogens is 2. The zero-order valence-electron chi connectivity index (χ0n) is 27.4. The highest BCUT2D eigenvalue weighted by atomic mass is 19.1. The highest BCUT2D eigenvalue weighted by Gasteiger charge is 2.27. The molecule has 49 heavy (non-hydrogen) atoms. The van der Waals surface area contributed by atoms with Gasteiger partial charge in [0.1, 0.15) is 11.6 Å². The van der Waals surface area contributed by atoms with E-state index in [9.17, 15) is 13.6 Å². The van der Waals surface area contributed by atoms with Gasteiger partial charge < -0.3 is 46.8 Å². The normalized spacial score (nSPS) is 18.0. The summed E-state index contributed by atoms with van der Waals surface area (Å²) in [5, 5.41) is 21.8. The van der Waals surface area contributed by atoms with Crippen molar-refractivity contribution < 1.29 is 8.78 Å². The van der Waals surface area contributed by atoms with Gasteiger partial charge in [0.15, 0.2) is 11.4 Å². The van der Waals surface area contributed by atoms with E-state index in [0.29, 0.717) is 39.6 Å². The second kappa shape index (κ2) is 14.6. The van der Waals surface area contributed by atoms with Crippen LogP contribution < -0.4 is 48.4 Å². The molecule has 2 aromatic heterocycles. The lowest BCUT2D eigenvalue weighted by Crippen LogP contribution is -2.43. The third kappa shape index (κ3) is 8.00. The van der Waals surface area contributed by atoms with Crippen LogP contribution in [0.5, 0.6) is 0 Å². The first kappa shape index (κ1) is 33.9. The minimum absolute atomic E-state index is 0.104. The van der Waals surface area contributed by atoms with Crippen molar-refractivity contribution in [2.75, 3.05) is 62.2 Å². The molecule has 4 aromatic rings. The third-order valence-corrected chi connectivity index (χ3v) is 9.04. The molecule has 2 saturated heterocycles. The average molecular weight is 675 g/mol. The highest BCUT2D eigenvalue weighted by Crippen LogP contribution is 2.38. The van der Waals surface area contributed by atoms with E-state index < -0.39 is 0 Å². The van der Waals surface area contributed by atoms with Crippen molar-refractivity contribution >= 4 is 45.1 Å². The van der Waals surface area contributed by atoms with Crippen LogP contribution in [0.2, 0.25) is 0 Å². The van der Waals surface area contributed by atoms with E-state index in [1.165, 1.54) is 12.1 Å². The summed E-state index contributed by atoms with van der Waals surface area (Å²) in [5.74, 6) is -1.15. The topological polar surface area (TPSA) is 196 Å². The predicted octanol–water partition coefficient (Wildman–Crippen LogP) is 2.04. The summed E-state index contributed by atoms with van der Waals surface area (Å²) in [7, 11) is 0. The number of guanidine groups is 2. The second-order valence-electron chi connectivity index (χ2n) is 12.7. The number of hydrogen-bond donors (Lipinski definition) is 7. The quantitative estimate of drug-likeness (QED) is 0.126. The first-order valence-corrected chi connectivity index (χ1v) is 16.7. The summed E-state index contributed by atoms with van der Waals surface area (Å²) >= 11 is 0. The molecule has 260 valence electrons. The summed E-state index contributed by atoms with van der Waals surface area (Å²) < 4.78 is 33.5. The van der Waals surface area contributed by atoms with Crippen molar-refractivity contribution in [1.29, 1.82) is 10.8 Å². The summed E-state index contributed by atoms with van der Waals surface area (Å²) in [4.78, 5) is 20.2. The minimum atomic E-state index is -0.333. The Balaban J connectivity index is 0.000000155. The van der Waals surface area contributed by atoms with Crippen LogP contribution in [-0.4, -0.2) is 73.4 Å². The van der Waals surface area contributed by atoms with Gasteiger partial charge in [0.05, 0.1) is 27.8 Å². The Kier molecular flexibility index (Phi) is 10.1. The van der Waals surface area contributed by atoms with Crippen LogP contribution in [0.15, 0.2) is 58.6 Å². The lowest BCUT2D eigenvalue weighted by molar-refractivity contribution is 0.566. The number of nitrogens with two attached hydrogens (primary N) is 3. The molecule has 8 rings (SSSR count). The van der Waals surface area contributed by atoms with Crippen LogP contribution in [0.1, 0.15) is 37.8 Å². The highest BCUT2D eigenvalue weighted by molar-refractivity contribution is 5.85. The van der Waals surface area contributed by atoms with E-state index in [1.54, 1.807) is 6.07 Å². The minimum Gasteiger partial charge on any atom is -0.370 e. The molecule has 0 unspecified atom stereocenters. The molecule has 0 radical (unpaired) electrons. The monoisotopic (exact) mass is 674 g/mol. The van der Waals surface area contributed by atoms with Gasteiger partial charge in [-0.05, 0) is 56.0 Å². The maximum Gasteiger partial charge on any atom is 0.213 e. The van der Waals surface area contributed by atoms with Crippen molar-refractivity contribution in [2.45, 2.75) is 37.8 Å². The van der Waals surface area contributed by atoms with E-state index in [-0.39, 0.29) is 29.0 Å². The van der Waals surface area contributed by atoms with E-state index >= 15 is 0 Å². The van der Waals surface area contributed by atoms with E-state index in [2.05, 4.69) is 46.0 Å². The van der Waals surface area contributed by atoms with Gasteiger partial charge in [-0.2, -0.15) is 0 Å². The second-order valence-corrected chi connectivity index (χ2v) is 12.7. The Morgan fingerprint density at radius 3 is 1.59 bits per heavy atom. The molecular weight excluding hydrogens is 630 g/mol. The van der Waals surface area contributed by atoms with Gasteiger partial charge in [-0.1, -0.05) is 0 Å². The van der Waals surface area contributed by atoms with Gasteiger partial charge in [0, 0.05) is 93.7 Å².